The highest BCUT2D eigenvalue weighted by Gasteiger charge is 2.12. The number of rotatable bonds is 8. The van der Waals surface area contributed by atoms with Crippen LogP contribution in [0, 0.1) is 6.92 Å². The first-order chi connectivity index (χ1) is 13.0. The van der Waals surface area contributed by atoms with Gasteiger partial charge in [-0.2, -0.15) is 0 Å². The number of nitrogens with zero attached hydrogens (tertiary/aromatic N) is 1. The highest BCUT2D eigenvalue weighted by Crippen LogP contribution is 2.18. The molecule has 0 spiro atoms. The molecule has 0 bridgehead atoms. The number of ether oxygens (including phenoxy) is 1. The zero-order valence-corrected chi connectivity index (χ0v) is 14.9. The number of hydrogen-bond acceptors (Lipinski definition) is 5. The van der Waals surface area contributed by atoms with E-state index in [-0.39, 0.29) is 18.1 Å². The van der Waals surface area contributed by atoms with Crippen LogP contribution >= 0.6 is 0 Å². The van der Waals surface area contributed by atoms with Gasteiger partial charge in [-0.25, -0.2) is 4.98 Å². The molecule has 0 radical (unpaired) electrons. The summed E-state index contributed by atoms with van der Waals surface area (Å²) in [7, 11) is 0. The van der Waals surface area contributed by atoms with E-state index in [1.807, 2.05) is 25.1 Å². The minimum absolute atomic E-state index is 0.0843. The second-order valence-electron chi connectivity index (χ2n) is 6.12. The summed E-state index contributed by atoms with van der Waals surface area (Å²) in [6.07, 6.45) is 0.542. The average Bonchev–Trinajstić information content (AvgIpc) is 3.07. The molecule has 3 aromatic rings. The number of carbonyl (C=O) groups is 2. The summed E-state index contributed by atoms with van der Waals surface area (Å²) in [5, 5.41) is 11.4. The van der Waals surface area contributed by atoms with Gasteiger partial charge < -0.3 is 19.6 Å². The topological polar surface area (TPSA) is 102 Å². The Morgan fingerprint density at radius 1 is 1.19 bits per heavy atom. The molecule has 0 unspecified atom stereocenters. The minimum atomic E-state index is -0.833. The number of amides is 1. The van der Waals surface area contributed by atoms with Crippen LogP contribution in [-0.4, -0.2) is 28.6 Å². The quantitative estimate of drug-likeness (QED) is 0.592. The van der Waals surface area contributed by atoms with E-state index in [2.05, 4.69) is 10.3 Å². The highest BCUT2D eigenvalue weighted by molar-refractivity contribution is 5.95. The number of nitrogens with one attached hydrogen (secondary N) is 1. The molecule has 140 valence electrons. The first-order valence-corrected chi connectivity index (χ1v) is 8.60. The molecule has 0 aliphatic rings. The van der Waals surface area contributed by atoms with Crippen molar-refractivity contribution in [2.45, 2.75) is 26.3 Å². The lowest BCUT2D eigenvalue weighted by Gasteiger charge is -2.07. The van der Waals surface area contributed by atoms with E-state index in [0.29, 0.717) is 36.4 Å². The smallest absolute Gasteiger partial charge is 0.303 e. The van der Waals surface area contributed by atoms with Gasteiger partial charge >= 0.3 is 5.97 Å². The number of pyridine rings is 1. The van der Waals surface area contributed by atoms with E-state index in [1.54, 1.807) is 24.3 Å². The van der Waals surface area contributed by atoms with Gasteiger partial charge in [-0.1, -0.05) is 12.1 Å². The van der Waals surface area contributed by atoms with Crippen molar-refractivity contribution in [3.63, 3.8) is 0 Å². The molecule has 7 nitrogen and oxygen atoms in total. The van der Waals surface area contributed by atoms with Gasteiger partial charge in [0.1, 0.15) is 11.3 Å². The van der Waals surface area contributed by atoms with Crippen LogP contribution in [0.3, 0.4) is 0 Å². The van der Waals surface area contributed by atoms with Gasteiger partial charge in [-0.05, 0) is 43.2 Å². The Morgan fingerprint density at radius 2 is 1.96 bits per heavy atom. The maximum absolute atomic E-state index is 12.3. The van der Waals surface area contributed by atoms with Crippen LogP contribution < -0.4 is 10.1 Å². The van der Waals surface area contributed by atoms with E-state index in [9.17, 15) is 9.59 Å². The van der Waals surface area contributed by atoms with Gasteiger partial charge in [-0.15, -0.1) is 0 Å². The van der Waals surface area contributed by atoms with Crippen LogP contribution in [0.15, 0.2) is 46.9 Å². The number of aryl methyl sites for hydroxylation is 1. The Kier molecular flexibility index (Phi) is 5.71. The Hall–Kier alpha value is -3.35. The van der Waals surface area contributed by atoms with Gasteiger partial charge in [-0.3, -0.25) is 9.59 Å². The number of benzene rings is 1. The van der Waals surface area contributed by atoms with E-state index < -0.39 is 5.97 Å². The number of fused-ring (bicyclic) bond motifs is 1. The van der Waals surface area contributed by atoms with Crippen LogP contribution in [0.5, 0.6) is 5.75 Å². The second kappa shape index (κ2) is 8.35. The Labute approximate surface area is 156 Å². The molecule has 1 amide bonds. The molecule has 0 saturated carbocycles. The van der Waals surface area contributed by atoms with Gasteiger partial charge in [0.2, 0.25) is 0 Å². The number of hydrogen-bond donors (Lipinski definition) is 2. The van der Waals surface area contributed by atoms with Gasteiger partial charge in [0.25, 0.3) is 5.91 Å². The van der Waals surface area contributed by atoms with E-state index in [0.717, 1.165) is 11.3 Å². The standard InChI is InChI=1S/C20H20N2O5/c1-13-4-9-17-16(22-13)11-18(27-17)20(25)21-12-14-5-7-15(8-6-14)26-10-2-3-19(23)24/h4-9,11H,2-3,10,12H2,1H3,(H,21,25)(H,23,24). The molecule has 2 heterocycles. The van der Waals surface area contributed by atoms with E-state index >= 15 is 0 Å². The van der Waals surface area contributed by atoms with Crippen molar-refractivity contribution in [1.29, 1.82) is 0 Å². The molecule has 0 atom stereocenters. The molecule has 7 heteroatoms. The molecule has 1 aromatic carbocycles. The average molecular weight is 368 g/mol. The van der Waals surface area contributed by atoms with Gasteiger partial charge in [0, 0.05) is 24.7 Å². The minimum Gasteiger partial charge on any atom is -0.494 e. The molecule has 2 aromatic heterocycles. The number of carboxylic acids is 1. The maximum Gasteiger partial charge on any atom is 0.303 e. The lowest BCUT2D eigenvalue weighted by molar-refractivity contribution is -0.137. The van der Waals surface area contributed by atoms with Crippen molar-refractivity contribution in [2.75, 3.05) is 6.61 Å². The van der Waals surface area contributed by atoms with Crippen molar-refractivity contribution < 1.29 is 23.8 Å². The predicted octanol–water partition coefficient (Wildman–Crippen LogP) is 3.31. The second-order valence-corrected chi connectivity index (χ2v) is 6.12. The van der Waals surface area contributed by atoms with Crippen LogP contribution in [0.2, 0.25) is 0 Å². The van der Waals surface area contributed by atoms with Crippen LogP contribution in [-0.2, 0) is 11.3 Å². The first kappa shape index (κ1) is 18.4. The van der Waals surface area contributed by atoms with Crippen LogP contribution in [0.1, 0.15) is 34.7 Å². The van der Waals surface area contributed by atoms with E-state index in [4.69, 9.17) is 14.3 Å². The molecule has 27 heavy (non-hydrogen) atoms. The van der Waals surface area contributed by atoms with Crippen LogP contribution in [0.25, 0.3) is 11.1 Å². The Balaban J connectivity index is 1.51. The number of carbonyl (C=O) groups excluding carboxylic acids is 1. The third-order valence-corrected chi connectivity index (χ3v) is 3.92. The zero-order chi connectivity index (χ0) is 19.2. The fraction of sp³-hybridized carbons (Fsp3) is 0.250. The summed E-state index contributed by atoms with van der Waals surface area (Å²) in [6, 6.07) is 12.5. The first-order valence-electron chi connectivity index (χ1n) is 8.60. The lowest BCUT2D eigenvalue weighted by Crippen LogP contribution is -2.22. The van der Waals surface area contributed by atoms with Crippen molar-refractivity contribution in [1.82, 2.24) is 10.3 Å². The maximum atomic E-state index is 12.3. The van der Waals surface area contributed by atoms with Crippen LogP contribution in [0.4, 0.5) is 0 Å². The van der Waals surface area contributed by atoms with Crippen molar-refractivity contribution in [3.8, 4) is 5.75 Å². The largest absolute Gasteiger partial charge is 0.494 e. The summed E-state index contributed by atoms with van der Waals surface area (Å²) < 4.78 is 11.0. The molecule has 0 saturated heterocycles. The molecule has 3 rings (SSSR count). The summed E-state index contributed by atoms with van der Waals surface area (Å²) in [4.78, 5) is 27.0. The fourth-order valence-electron chi connectivity index (χ4n) is 2.52. The summed E-state index contributed by atoms with van der Waals surface area (Å²) in [5.41, 5.74) is 3.01. The van der Waals surface area contributed by atoms with Gasteiger partial charge in [0.15, 0.2) is 11.3 Å². The highest BCUT2D eigenvalue weighted by atomic mass is 16.5. The third-order valence-electron chi connectivity index (χ3n) is 3.92. The zero-order valence-electron chi connectivity index (χ0n) is 14.9. The fourth-order valence-corrected chi connectivity index (χ4v) is 2.52. The molecular weight excluding hydrogens is 348 g/mol. The van der Waals surface area contributed by atoms with Gasteiger partial charge in [0.05, 0.1) is 6.61 Å². The number of furan rings is 1. The molecular formula is C20H20N2O5. The monoisotopic (exact) mass is 368 g/mol. The molecule has 0 fully saturated rings. The molecule has 0 aliphatic heterocycles. The van der Waals surface area contributed by atoms with E-state index in [1.165, 1.54) is 0 Å². The SMILES string of the molecule is Cc1ccc2oc(C(=O)NCc3ccc(OCCCC(=O)O)cc3)cc2n1. The normalized spacial score (nSPS) is 10.7. The number of carboxylic acid groups (broad SMARTS) is 1. The third kappa shape index (κ3) is 5.07. The summed E-state index contributed by atoms with van der Waals surface area (Å²) in [6.45, 7) is 2.58. The predicted molar refractivity (Wildman–Crippen MR) is 98.7 cm³/mol. The summed E-state index contributed by atoms with van der Waals surface area (Å²) >= 11 is 0. The van der Waals surface area contributed by atoms with Crippen molar-refractivity contribution in [2.24, 2.45) is 0 Å². The molecule has 2 N–H and O–H groups in total. The van der Waals surface area contributed by atoms with Crippen molar-refractivity contribution >= 4 is 23.0 Å². The summed E-state index contributed by atoms with van der Waals surface area (Å²) in [5.74, 6) is -0.254. The molecule has 0 aliphatic carbocycles. The Morgan fingerprint density at radius 3 is 2.70 bits per heavy atom. The number of aliphatic carboxylic acids is 1. The number of aromatic nitrogens is 1. The lowest BCUT2D eigenvalue weighted by atomic mass is 10.2. The van der Waals surface area contributed by atoms with Crippen molar-refractivity contribution in [3.05, 3.63) is 59.5 Å². The Bertz CT molecular complexity index is 947.